The van der Waals surface area contributed by atoms with E-state index in [1.807, 2.05) is 44.2 Å². The fourth-order valence-electron chi connectivity index (χ4n) is 10.4. The second-order valence-electron chi connectivity index (χ2n) is 19.8. The van der Waals surface area contributed by atoms with Crippen molar-refractivity contribution >= 4 is 17.9 Å². The molecule has 10 nitrogen and oxygen atoms in total. The molecule has 3 heterocycles. The van der Waals surface area contributed by atoms with Gasteiger partial charge in [0.1, 0.15) is 24.7 Å². The van der Waals surface area contributed by atoms with Gasteiger partial charge in [0, 0.05) is 25.0 Å². The third kappa shape index (κ3) is 9.81. The number of amidine groups is 1. The lowest BCUT2D eigenvalue weighted by Gasteiger charge is -2.65. The number of likely N-dealkylation sites (tertiary alicyclic amines) is 1. The molecule has 0 bridgehead atoms. The van der Waals surface area contributed by atoms with E-state index in [1.54, 1.807) is 26.2 Å². The smallest absolute Gasteiger partial charge is 0.418 e. The molecule has 1 aromatic carbocycles. The van der Waals surface area contributed by atoms with Crippen molar-refractivity contribution in [3.63, 3.8) is 0 Å². The minimum absolute atomic E-state index is 0.0518. The number of nitrogens with one attached hydrogen (secondary N) is 1. The molecule has 10 heteroatoms. The zero-order valence-corrected chi connectivity index (χ0v) is 38.7. The van der Waals surface area contributed by atoms with Gasteiger partial charge in [0.15, 0.2) is 11.5 Å². The Morgan fingerprint density at radius 1 is 1.13 bits per heavy atom. The number of aliphatic hydroxyl groups is 1. The zero-order valence-electron chi connectivity index (χ0n) is 38.7. The summed E-state index contributed by atoms with van der Waals surface area (Å²) in [5.41, 5.74) is -1.09. The summed E-state index contributed by atoms with van der Waals surface area (Å²) in [7, 11) is 1.70. The van der Waals surface area contributed by atoms with Crippen molar-refractivity contribution < 1.29 is 33.6 Å². The lowest BCUT2D eigenvalue weighted by Crippen LogP contribution is -2.66. The average molecular weight is 830 g/mol. The normalized spacial score (nSPS) is 32.6. The van der Waals surface area contributed by atoms with Crippen LogP contribution in [-0.2, 0) is 30.3 Å². The van der Waals surface area contributed by atoms with Gasteiger partial charge in [-0.05, 0) is 120 Å². The largest absolute Gasteiger partial charge is 0.487 e. The van der Waals surface area contributed by atoms with Gasteiger partial charge in [0.25, 0.3) is 0 Å². The number of aliphatic imine (C=N–C) groups is 1. The third-order valence-electron chi connectivity index (χ3n) is 15.5. The van der Waals surface area contributed by atoms with Gasteiger partial charge in [-0.15, -0.1) is 0 Å². The van der Waals surface area contributed by atoms with Gasteiger partial charge in [-0.25, -0.2) is 4.79 Å². The molecule has 1 amide bonds. The number of hydrogen-bond acceptors (Lipinski definition) is 9. The number of hydrogen-bond donors (Lipinski definition) is 2. The predicted octanol–water partition coefficient (Wildman–Crippen LogP) is 9.94. The van der Waals surface area contributed by atoms with Crippen molar-refractivity contribution in [3.05, 3.63) is 83.9 Å². The highest BCUT2D eigenvalue weighted by Gasteiger charge is 2.63. The molecule has 60 heavy (non-hydrogen) atoms. The first-order chi connectivity index (χ1) is 28.2. The summed E-state index contributed by atoms with van der Waals surface area (Å²) >= 11 is 0. The fraction of sp³-hybridized carbons (Fsp3) is 0.660. The second-order valence-corrected chi connectivity index (χ2v) is 19.8. The van der Waals surface area contributed by atoms with Crippen molar-refractivity contribution in [2.45, 2.75) is 145 Å². The first kappa shape index (κ1) is 47.3. The van der Waals surface area contributed by atoms with Crippen LogP contribution in [0.5, 0.6) is 0 Å². The molecule has 332 valence electrons. The van der Waals surface area contributed by atoms with E-state index in [0.717, 1.165) is 43.8 Å². The Morgan fingerprint density at radius 2 is 1.82 bits per heavy atom. The molecule has 3 aliphatic heterocycles. The zero-order chi connectivity index (χ0) is 44.3. The number of ether oxygens (including phenoxy) is 4. The summed E-state index contributed by atoms with van der Waals surface area (Å²) < 4.78 is 24.7. The van der Waals surface area contributed by atoms with Crippen LogP contribution in [0, 0.1) is 39.9 Å². The molecule has 2 N–H and O–H groups in total. The van der Waals surface area contributed by atoms with Crippen molar-refractivity contribution in [3.8, 4) is 0 Å². The van der Waals surface area contributed by atoms with Gasteiger partial charge in [-0.1, -0.05) is 102 Å². The average Bonchev–Trinajstić information content (AvgIpc) is 4.04. The number of allylic oxidation sites excluding steroid dienone is 3. The highest BCUT2D eigenvalue weighted by atomic mass is 16.6. The fourth-order valence-corrected chi connectivity index (χ4v) is 10.4. The van der Waals surface area contributed by atoms with E-state index < -0.39 is 34.7 Å². The third-order valence-corrected chi connectivity index (χ3v) is 15.5. The molecule has 2 fully saturated rings. The maximum absolute atomic E-state index is 13.6. The van der Waals surface area contributed by atoms with Crippen molar-refractivity contribution in [2.75, 3.05) is 26.8 Å². The lowest BCUT2D eigenvalue weighted by molar-refractivity contribution is -0.218. The molecule has 1 aromatic rings. The molecular formula is C50H75N3O7. The Labute approximate surface area is 360 Å². The molecule has 9 unspecified atom stereocenters. The second kappa shape index (κ2) is 18.7. The summed E-state index contributed by atoms with van der Waals surface area (Å²) in [6.45, 7) is 30.1. The highest BCUT2D eigenvalue weighted by molar-refractivity contribution is 6.03. The molecule has 1 saturated heterocycles. The van der Waals surface area contributed by atoms with Crippen LogP contribution in [-0.4, -0.2) is 78.0 Å². The van der Waals surface area contributed by atoms with Crippen molar-refractivity contribution in [1.29, 1.82) is 0 Å². The van der Waals surface area contributed by atoms with E-state index in [1.165, 1.54) is 24.8 Å². The number of carbonyl (C=O) groups excluding carboxylic acids is 2. The number of methoxy groups -OCH3 is 1. The number of fused-ring (bicyclic) bond motifs is 1. The topological polar surface area (TPSA) is 119 Å². The molecule has 4 aliphatic rings. The number of esters is 1. The summed E-state index contributed by atoms with van der Waals surface area (Å²) in [6.07, 6.45) is 13.3. The number of carbonyl (C=O) groups is 2. The van der Waals surface area contributed by atoms with E-state index in [2.05, 4.69) is 89.3 Å². The Bertz CT molecular complexity index is 1820. The summed E-state index contributed by atoms with van der Waals surface area (Å²) in [6, 6.07) is 9.25. The molecular weight excluding hydrogens is 755 g/mol. The SMILES string of the molecule is C=C(OC(=O)NC1=NC(C)C(C(=O)OCc2ccccc2)C=C1)C1=CC(C(C)=CC)C2(C)CCN(CCC3CC3)C(C)C2(CC)CC(C(C)(O)C(C)(C)C)C(C)(OC)CO1. The molecule has 0 radical (unpaired) electrons. The quantitative estimate of drug-likeness (QED) is 0.122. The standard InChI is InChI=1S/C50H75N3O7/c1-14-33(3)40-29-41(35(5)60-45(55)52-43-24-23-39(34(4)51-43)44(54)58-31-38-19-17-16-18-20-38)59-32-48(11,57-13)42(49(12,56)46(7,8)9)30-50(15-2)36(6)53(27-25-37-21-22-37)28-26-47(40,50)10/h14,16-20,23-24,29,34,36-37,39-40,42,56H,5,15,21-22,25-28,30-32H2,1-4,6-13H3,(H,51,52,55). The van der Waals surface area contributed by atoms with Crippen molar-refractivity contribution in [2.24, 2.45) is 44.9 Å². The summed E-state index contributed by atoms with van der Waals surface area (Å²) in [4.78, 5) is 33.8. The van der Waals surface area contributed by atoms with Gasteiger partial charge < -0.3 is 29.0 Å². The number of dihydropyridines is 1. The number of benzene rings is 1. The van der Waals surface area contributed by atoms with Crippen LogP contribution in [0.3, 0.4) is 0 Å². The highest BCUT2D eigenvalue weighted by Crippen LogP contribution is 2.63. The molecule has 9 atom stereocenters. The maximum Gasteiger partial charge on any atom is 0.418 e. The van der Waals surface area contributed by atoms with Gasteiger partial charge in [0.05, 0.1) is 17.6 Å². The Morgan fingerprint density at radius 3 is 2.40 bits per heavy atom. The predicted molar refractivity (Wildman–Crippen MR) is 239 cm³/mol. The first-order valence-corrected chi connectivity index (χ1v) is 22.3. The van der Waals surface area contributed by atoms with E-state index in [4.69, 9.17) is 18.9 Å². The van der Waals surface area contributed by atoms with E-state index >= 15 is 0 Å². The van der Waals surface area contributed by atoms with Crippen LogP contribution in [0.4, 0.5) is 4.79 Å². The summed E-state index contributed by atoms with van der Waals surface area (Å²) in [5.74, 6) is 0.0572. The number of alkyl carbamates (subject to hydrolysis) is 1. The molecule has 0 aromatic heterocycles. The van der Waals surface area contributed by atoms with Gasteiger partial charge in [0.2, 0.25) is 0 Å². The van der Waals surface area contributed by atoms with Gasteiger partial charge in [-0.3, -0.25) is 15.1 Å². The van der Waals surface area contributed by atoms with E-state index in [-0.39, 0.29) is 59.5 Å². The Balaban J connectivity index is 1.47. The summed E-state index contributed by atoms with van der Waals surface area (Å²) in [5, 5.41) is 15.6. The molecule has 1 aliphatic carbocycles. The Hall–Kier alpha value is -3.73. The van der Waals surface area contributed by atoms with E-state index in [0.29, 0.717) is 5.76 Å². The maximum atomic E-state index is 13.6. The monoisotopic (exact) mass is 830 g/mol. The molecule has 1 saturated carbocycles. The number of piperidine rings is 1. The molecule has 5 rings (SSSR count). The van der Waals surface area contributed by atoms with Crippen LogP contribution in [0.2, 0.25) is 0 Å². The number of rotatable bonds is 12. The lowest BCUT2D eigenvalue weighted by atomic mass is 9.45. The van der Waals surface area contributed by atoms with Crippen LogP contribution < -0.4 is 5.32 Å². The minimum atomic E-state index is -1.16. The minimum Gasteiger partial charge on any atom is -0.487 e. The van der Waals surface area contributed by atoms with Crippen molar-refractivity contribution in [1.82, 2.24) is 10.2 Å². The number of amides is 1. The van der Waals surface area contributed by atoms with Crippen LogP contribution in [0.1, 0.15) is 120 Å². The number of nitrogens with zero attached hydrogens (tertiary/aromatic N) is 2. The first-order valence-electron chi connectivity index (χ1n) is 22.3. The van der Waals surface area contributed by atoms with Crippen LogP contribution in [0.15, 0.2) is 83.3 Å². The van der Waals surface area contributed by atoms with Crippen LogP contribution in [0.25, 0.3) is 0 Å². The Kier molecular flexibility index (Phi) is 14.8. The van der Waals surface area contributed by atoms with Gasteiger partial charge in [-0.2, -0.15) is 0 Å². The van der Waals surface area contributed by atoms with E-state index in [9.17, 15) is 14.7 Å². The van der Waals surface area contributed by atoms with Crippen LogP contribution >= 0.6 is 0 Å². The molecule has 0 spiro atoms. The van der Waals surface area contributed by atoms with Gasteiger partial charge >= 0.3 is 12.1 Å².